The summed E-state index contributed by atoms with van der Waals surface area (Å²) in [6.45, 7) is 1.51. The molecule has 1 aromatic heterocycles. The van der Waals surface area contributed by atoms with Gasteiger partial charge in [-0.3, -0.25) is 0 Å². The molecule has 6 nitrogen and oxygen atoms in total. The van der Waals surface area contributed by atoms with Gasteiger partial charge >= 0.3 is 0 Å². The highest BCUT2D eigenvalue weighted by atomic mass is 35.5. The monoisotopic (exact) mass is 262 g/mol. The maximum atomic E-state index is 11.0. The molecule has 2 heterocycles. The number of rotatable bonds is 3. The first-order chi connectivity index (χ1) is 7.50. The summed E-state index contributed by atoms with van der Waals surface area (Å²) in [4.78, 5) is 8.65. The third-order valence-corrected chi connectivity index (χ3v) is 3.62. The van der Waals surface area contributed by atoms with E-state index in [4.69, 9.17) is 16.9 Å². The van der Waals surface area contributed by atoms with Gasteiger partial charge in [-0.05, 0) is 23.9 Å². The van der Waals surface area contributed by atoms with E-state index < -0.39 is 10.0 Å². The number of primary sulfonamides is 1. The normalized spacial score (nSPS) is 17.2. The van der Waals surface area contributed by atoms with E-state index in [1.165, 1.54) is 12.3 Å². The third kappa shape index (κ3) is 2.27. The van der Waals surface area contributed by atoms with Crippen LogP contribution in [0, 0.1) is 0 Å². The maximum Gasteiger partial charge on any atom is 0.239 e. The summed E-state index contributed by atoms with van der Waals surface area (Å²) in [6, 6.07) is 3.32. The molecule has 0 radical (unpaired) electrons. The Bertz CT molecular complexity index is 469. The lowest BCUT2D eigenvalue weighted by molar-refractivity contribution is 0.484. The van der Waals surface area contributed by atoms with Crippen molar-refractivity contribution in [3.05, 3.63) is 18.3 Å². The Labute approximate surface area is 98.6 Å². The topological polar surface area (TPSA) is 88.3 Å². The summed E-state index contributed by atoms with van der Waals surface area (Å²) in [5.74, 6) is 0.718. The van der Waals surface area contributed by atoms with Gasteiger partial charge in [0.2, 0.25) is 10.0 Å². The number of nitrogens with two attached hydrogens (primary N) is 1. The molecule has 1 aromatic rings. The number of hydrogen-bond donors (Lipinski definition) is 2. The number of halogens is 1. The highest BCUT2D eigenvalue weighted by Crippen LogP contribution is 2.19. The number of anilines is 1. The van der Waals surface area contributed by atoms with Crippen LogP contribution in [-0.4, -0.2) is 32.5 Å². The fourth-order valence-electron chi connectivity index (χ4n) is 1.46. The molecule has 0 aromatic carbocycles. The van der Waals surface area contributed by atoms with Gasteiger partial charge in [0.15, 0.2) is 0 Å². The van der Waals surface area contributed by atoms with Gasteiger partial charge in [0.25, 0.3) is 0 Å². The summed E-state index contributed by atoms with van der Waals surface area (Å²) in [5.41, 5.74) is 0. The molecule has 1 aliphatic rings. The van der Waals surface area contributed by atoms with Crippen molar-refractivity contribution in [3.63, 3.8) is 0 Å². The summed E-state index contributed by atoms with van der Waals surface area (Å²) >= 11 is 5.45. The van der Waals surface area contributed by atoms with Crippen LogP contribution in [0.3, 0.4) is 0 Å². The Morgan fingerprint density at radius 2 is 2.19 bits per heavy atom. The van der Waals surface area contributed by atoms with Crippen molar-refractivity contribution in [2.75, 3.05) is 18.0 Å². The van der Waals surface area contributed by atoms with Crippen molar-refractivity contribution in [2.24, 2.45) is 5.14 Å². The van der Waals surface area contributed by atoms with E-state index in [2.05, 4.69) is 9.82 Å². The highest BCUT2D eigenvalue weighted by Gasteiger charge is 2.26. The van der Waals surface area contributed by atoms with Crippen LogP contribution in [0.5, 0.6) is 0 Å². The van der Waals surface area contributed by atoms with Crippen LogP contribution >= 0.6 is 11.8 Å². The predicted molar refractivity (Wildman–Crippen MR) is 60.6 cm³/mol. The number of pyridine rings is 1. The Balaban J connectivity index is 2.10. The van der Waals surface area contributed by atoms with Crippen LogP contribution in [-0.2, 0) is 10.0 Å². The van der Waals surface area contributed by atoms with E-state index in [1.54, 1.807) is 6.07 Å². The first-order valence-corrected chi connectivity index (χ1v) is 6.53. The molecule has 0 aliphatic carbocycles. The molecule has 1 fully saturated rings. The summed E-state index contributed by atoms with van der Waals surface area (Å²) in [5, 5.41) is 4.96. The molecule has 2 rings (SSSR count). The minimum absolute atomic E-state index is 0.0174. The molecule has 1 saturated heterocycles. The quantitative estimate of drug-likeness (QED) is 0.728. The summed E-state index contributed by atoms with van der Waals surface area (Å²) in [6.07, 6.45) is 1.26. The molecule has 0 spiro atoms. The van der Waals surface area contributed by atoms with Gasteiger partial charge in [-0.2, -0.15) is 0 Å². The van der Waals surface area contributed by atoms with E-state index in [9.17, 15) is 8.42 Å². The van der Waals surface area contributed by atoms with Gasteiger partial charge in [-0.1, -0.05) is 0 Å². The molecule has 0 atom stereocenters. The summed E-state index contributed by atoms with van der Waals surface area (Å²) in [7, 11) is -3.66. The Hall–Kier alpha value is -0.890. The molecule has 1 aliphatic heterocycles. The van der Waals surface area contributed by atoms with Gasteiger partial charge in [0.05, 0.1) is 6.04 Å². The maximum absolute atomic E-state index is 11.0. The molecule has 16 heavy (non-hydrogen) atoms. The Morgan fingerprint density at radius 1 is 1.50 bits per heavy atom. The molecule has 0 saturated carbocycles. The van der Waals surface area contributed by atoms with Crippen LogP contribution in [0.4, 0.5) is 5.82 Å². The lowest BCUT2D eigenvalue weighted by Gasteiger charge is -2.39. The van der Waals surface area contributed by atoms with E-state index in [-0.39, 0.29) is 10.9 Å². The second kappa shape index (κ2) is 4.17. The molecule has 0 amide bonds. The van der Waals surface area contributed by atoms with E-state index >= 15 is 0 Å². The van der Waals surface area contributed by atoms with Gasteiger partial charge in [-0.15, -0.1) is 0 Å². The molecule has 8 heteroatoms. The van der Waals surface area contributed by atoms with Crippen LogP contribution in [0.25, 0.3) is 0 Å². The Kier molecular flexibility index (Phi) is 3.02. The second-order valence-electron chi connectivity index (χ2n) is 3.61. The SMILES string of the molecule is NS(=O)(=O)c1ccc(N2CC(NCl)C2)nc1. The zero-order chi connectivity index (χ0) is 11.8. The van der Waals surface area contributed by atoms with E-state index in [1.807, 2.05) is 4.90 Å². The number of sulfonamides is 1. The van der Waals surface area contributed by atoms with E-state index in [0.29, 0.717) is 0 Å². The van der Waals surface area contributed by atoms with Crippen molar-refractivity contribution < 1.29 is 8.42 Å². The average Bonchev–Trinajstić information content (AvgIpc) is 2.15. The summed E-state index contributed by atoms with van der Waals surface area (Å²) < 4.78 is 22.0. The van der Waals surface area contributed by atoms with Crippen LogP contribution in [0.15, 0.2) is 23.2 Å². The molecular formula is C8H11ClN4O2S. The molecule has 88 valence electrons. The van der Waals surface area contributed by atoms with Gasteiger partial charge in [0, 0.05) is 19.3 Å². The number of nitrogens with zero attached hydrogens (tertiary/aromatic N) is 2. The number of nitrogens with one attached hydrogen (secondary N) is 1. The van der Waals surface area contributed by atoms with E-state index in [0.717, 1.165) is 18.9 Å². The fraction of sp³-hybridized carbons (Fsp3) is 0.375. The van der Waals surface area contributed by atoms with Crippen LogP contribution in [0.1, 0.15) is 0 Å². The van der Waals surface area contributed by atoms with Crippen LogP contribution < -0.4 is 14.9 Å². The number of hydrogen-bond acceptors (Lipinski definition) is 5. The second-order valence-corrected chi connectivity index (χ2v) is 5.39. The minimum atomic E-state index is -3.66. The zero-order valence-electron chi connectivity index (χ0n) is 8.30. The first kappa shape index (κ1) is 11.6. The highest BCUT2D eigenvalue weighted by molar-refractivity contribution is 7.89. The molecule has 0 bridgehead atoms. The number of aromatic nitrogens is 1. The third-order valence-electron chi connectivity index (χ3n) is 2.41. The first-order valence-electron chi connectivity index (χ1n) is 4.60. The molecule has 0 unspecified atom stereocenters. The standard InChI is InChI=1S/C8H11ClN4O2S/c9-12-6-4-13(5-6)8-2-1-7(3-11-8)16(10,14)15/h1-3,6,12H,4-5H2,(H2,10,14,15). The van der Waals surface area contributed by atoms with Crippen molar-refractivity contribution >= 4 is 27.6 Å². The largest absolute Gasteiger partial charge is 0.353 e. The van der Waals surface area contributed by atoms with Crippen molar-refractivity contribution in [3.8, 4) is 0 Å². The molecular weight excluding hydrogens is 252 g/mol. The minimum Gasteiger partial charge on any atom is -0.353 e. The van der Waals surface area contributed by atoms with Gasteiger partial charge < -0.3 is 4.90 Å². The smallest absolute Gasteiger partial charge is 0.239 e. The fourth-order valence-corrected chi connectivity index (χ4v) is 2.06. The van der Waals surface area contributed by atoms with Gasteiger partial charge in [0.1, 0.15) is 10.7 Å². The van der Waals surface area contributed by atoms with Crippen LogP contribution in [0.2, 0.25) is 0 Å². The average molecular weight is 263 g/mol. The van der Waals surface area contributed by atoms with Crippen molar-refractivity contribution in [2.45, 2.75) is 10.9 Å². The molecule has 3 N–H and O–H groups in total. The lowest BCUT2D eigenvalue weighted by Crippen LogP contribution is -2.56. The zero-order valence-corrected chi connectivity index (χ0v) is 9.87. The van der Waals surface area contributed by atoms with Crippen molar-refractivity contribution in [1.29, 1.82) is 0 Å². The Morgan fingerprint density at radius 3 is 2.62 bits per heavy atom. The predicted octanol–water partition coefficient (Wildman–Crippen LogP) is -0.339. The van der Waals surface area contributed by atoms with Crippen molar-refractivity contribution in [1.82, 2.24) is 9.82 Å². The van der Waals surface area contributed by atoms with Gasteiger partial charge in [-0.25, -0.2) is 23.4 Å². The lowest BCUT2D eigenvalue weighted by atomic mass is 10.1.